The highest BCUT2D eigenvalue weighted by atomic mass is 19.4. The molecule has 1 aliphatic rings. The molecule has 10 heteroatoms. The molecule has 4 aromatic carbocycles. The van der Waals surface area contributed by atoms with Gasteiger partial charge in [0, 0.05) is 17.8 Å². The molecule has 5 rings (SSSR count). The number of nitrogens with one attached hydrogen (secondary N) is 1. The zero-order chi connectivity index (χ0) is 34.9. The molecule has 2 atom stereocenters. The molecule has 1 aliphatic heterocycles. The normalized spacial score (nSPS) is 17.8. The lowest BCUT2D eigenvalue weighted by atomic mass is 9.87. The van der Waals surface area contributed by atoms with Crippen LogP contribution in [0.2, 0.25) is 0 Å². The molecule has 0 radical (unpaired) electrons. The first kappa shape index (κ1) is 35.3. The van der Waals surface area contributed by atoms with Gasteiger partial charge in [0.05, 0.1) is 24.3 Å². The van der Waals surface area contributed by atoms with Crippen molar-refractivity contribution in [1.82, 2.24) is 0 Å². The quantitative estimate of drug-likeness (QED) is 0.180. The Morgan fingerprint density at radius 2 is 1.27 bits per heavy atom. The standard InChI is InChI=1S/C38H39F6NO3/c1-35(2,3)27-13-11-24(12-14-27)21-45-30-15-16-32-31(20-30)33(46-22-25-9-7-6-8-10-25)34(36(4,5)48-32)47-23-26-17-28(37(39,40)41)19-29(18-26)38(42,43)44/h6-20,33-34,45H,21-23H2,1-5H3. The summed E-state index contributed by atoms with van der Waals surface area (Å²) in [5.74, 6) is 0.538. The lowest BCUT2D eigenvalue weighted by Gasteiger charge is -2.44. The molecule has 0 saturated carbocycles. The molecule has 256 valence electrons. The summed E-state index contributed by atoms with van der Waals surface area (Å²) < 4.78 is 100. The number of ether oxygens (including phenoxy) is 3. The van der Waals surface area contributed by atoms with Crippen LogP contribution >= 0.6 is 0 Å². The van der Waals surface area contributed by atoms with Gasteiger partial charge in [-0.2, -0.15) is 26.3 Å². The molecule has 1 heterocycles. The summed E-state index contributed by atoms with van der Waals surface area (Å²) in [6.45, 7) is 10.2. The fraction of sp³-hybridized carbons (Fsp3) is 0.368. The second-order valence-electron chi connectivity index (χ2n) is 13.6. The molecular formula is C38H39F6NO3. The van der Waals surface area contributed by atoms with Crippen LogP contribution in [0.1, 0.15) is 79.7 Å². The van der Waals surface area contributed by atoms with Crippen molar-refractivity contribution in [3.05, 3.63) is 130 Å². The summed E-state index contributed by atoms with van der Waals surface area (Å²) in [6, 6.07) is 24.8. The average Bonchev–Trinajstić information content (AvgIpc) is 3.01. The van der Waals surface area contributed by atoms with Crippen molar-refractivity contribution in [3.63, 3.8) is 0 Å². The van der Waals surface area contributed by atoms with Gasteiger partial charge in [-0.1, -0.05) is 75.4 Å². The molecule has 0 aliphatic carbocycles. The minimum absolute atomic E-state index is 0.0351. The van der Waals surface area contributed by atoms with E-state index in [-0.39, 0.29) is 23.7 Å². The van der Waals surface area contributed by atoms with Crippen LogP contribution in [0.3, 0.4) is 0 Å². The van der Waals surface area contributed by atoms with E-state index in [1.807, 2.05) is 48.5 Å². The van der Waals surface area contributed by atoms with Crippen molar-refractivity contribution in [2.45, 2.75) is 90.0 Å². The van der Waals surface area contributed by atoms with Crippen molar-refractivity contribution in [2.75, 3.05) is 5.32 Å². The second kappa shape index (κ2) is 13.5. The molecule has 0 saturated heterocycles. The number of halogens is 6. The maximum absolute atomic E-state index is 13.6. The number of hydrogen-bond donors (Lipinski definition) is 1. The molecule has 0 amide bonds. The number of rotatable bonds is 9. The highest BCUT2D eigenvalue weighted by Crippen LogP contribution is 2.45. The van der Waals surface area contributed by atoms with Gasteiger partial charge in [0.1, 0.15) is 23.6 Å². The van der Waals surface area contributed by atoms with Crippen LogP contribution in [0.25, 0.3) is 0 Å². The van der Waals surface area contributed by atoms with Gasteiger partial charge in [0.2, 0.25) is 0 Å². The number of alkyl halides is 6. The van der Waals surface area contributed by atoms with E-state index in [1.54, 1.807) is 13.8 Å². The highest BCUT2D eigenvalue weighted by molar-refractivity contribution is 5.54. The van der Waals surface area contributed by atoms with Crippen LogP contribution < -0.4 is 10.1 Å². The molecule has 4 aromatic rings. The number of fused-ring (bicyclic) bond motifs is 1. The molecule has 0 aromatic heterocycles. The van der Waals surface area contributed by atoms with Gasteiger partial charge in [-0.05, 0) is 77.9 Å². The van der Waals surface area contributed by atoms with Crippen LogP contribution in [-0.2, 0) is 47.0 Å². The summed E-state index contributed by atoms with van der Waals surface area (Å²) in [5, 5.41) is 3.43. The van der Waals surface area contributed by atoms with E-state index in [2.05, 4.69) is 50.4 Å². The SMILES string of the molecule is CC(C)(C)c1ccc(CNc2ccc3c(c2)C(OCc2ccccc2)C(OCc2cc(C(F)(F)F)cc(C(F)(F)F)c2)C(C)(C)O3)cc1. The van der Waals surface area contributed by atoms with Crippen molar-refractivity contribution < 1.29 is 40.6 Å². The lowest BCUT2D eigenvalue weighted by Crippen LogP contribution is -2.51. The minimum Gasteiger partial charge on any atom is -0.485 e. The van der Waals surface area contributed by atoms with Crippen molar-refractivity contribution in [2.24, 2.45) is 0 Å². The largest absolute Gasteiger partial charge is 0.485 e. The Hall–Kier alpha value is -4.02. The molecule has 0 bridgehead atoms. The highest BCUT2D eigenvalue weighted by Gasteiger charge is 2.46. The zero-order valence-corrected chi connectivity index (χ0v) is 27.4. The van der Waals surface area contributed by atoms with Crippen molar-refractivity contribution >= 4 is 5.69 Å². The summed E-state index contributed by atoms with van der Waals surface area (Å²) in [6.07, 6.45) is -11.6. The summed E-state index contributed by atoms with van der Waals surface area (Å²) >= 11 is 0. The Bertz CT molecular complexity index is 1660. The zero-order valence-electron chi connectivity index (χ0n) is 27.4. The molecule has 48 heavy (non-hydrogen) atoms. The molecule has 0 fully saturated rings. The Labute approximate surface area is 277 Å². The minimum atomic E-state index is -4.97. The van der Waals surface area contributed by atoms with Crippen molar-refractivity contribution in [1.29, 1.82) is 0 Å². The number of anilines is 1. The summed E-state index contributed by atoms with van der Waals surface area (Å²) in [7, 11) is 0. The van der Waals surface area contributed by atoms with E-state index in [9.17, 15) is 26.3 Å². The third-order valence-electron chi connectivity index (χ3n) is 8.32. The topological polar surface area (TPSA) is 39.7 Å². The molecule has 4 nitrogen and oxygen atoms in total. The maximum atomic E-state index is 13.6. The Morgan fingerprint density at radius 3 is 1.85 bits per heavy atom. The first-order valence-corrected chi connectivity index (χ1v) is 15.6. The predicted octanol–water partition coefficient (Wildman–Crippen LogP) is 10.6. The maximum Gasteiger partial charge on any atom is 0.416 e. The Balaban J connectivity index is 1.44. The summed E-state index contributed by atoms with van der Waals surface area (Å²) in [4.78, 5) is 0. The van der Waals surface area contributed by atoms with Crippen LogP contribution in [0.5, 0.6) is 5.75 Å². The van der Waals surface area contributed by atoms with Crippen LogP contribution in [0.15, 0.2) is 91.0 Å². The second-order valence-corrected chi connectivity index (χ2v) is 13.6. The Morgan fingerprint density at radius 1 is 0.667 bits per heavy atom. The molecular weight excluding hydrogens is 632 g/mol. The average molecular weight is 672 g/mol. The first-order chi connectivity index (χ1) is 22.4. The van der Waals surface area contributed by atoms with Gasteiger partial charge >= 0.3 is 12.4 Å². The fourth-order valence-electron chi connectivity index (χ4n) is 5.68. The van der Waals surface area contributed by atoms with Gasteiger partial charge in [0.25, 0.3) is 0 Å². The van der Waals surface area contributed by atoms with E-state index in [1.165, 1.54) is 5.56 Å². The van der Waals surface area contributed by atoms with Gasteiger partial charge in [-0.25, -0.2) is 0 Å². The number of hydrogen-bond acceptors (Lipinski definition) is 4. The fourth-order valence-corrected chi connectivity index (χ4v) is 5.68. The lowest BCUT2D eigenvalue weighted by molar-refractivity contribution is -0.171. The Kier molecular flexibility index (Phi) is 9.91. The smallest absolute Gasteiger partial charge is 0.416 e. The van der Waals surface area contributed by atoms with E-state index < -0.39 is 47.9 Å². The van der Waals surface area contributed by atoms with Gasteiger partial charge in [0.15, 0.2) is 0 Å². The summed E-state index contributed by atoms with van der Waals surface area (Å²) in [5.41, 5.74) is 0.498. The van der Waals surface area contributed by atoms with Crippen molar-refractivity contribution in [3.8, 4) is 5.75 Å². The first-order valence-electron chi connectivity index (χ1n) is 15.6. The number of benzene rings is 4. The van der Waals surface area contributed by atoms with Gasteiger partial charge in [-0.3, -0.25) is 0 Å². The monoisotopic (exact) mass is 671 g/mol. The molecule has 0 spiro atoms. The van der Waals surface area contributed by atoms with Gasteiger partial charge in [-0.15, -0.1) is 0 Å². The van der Waals surface area contributed by atoms with Crippen LogP contribution in [0.4, 0.5) is 32.0 Å². The molecule has 1 N–H and O–H groups in total. The van der Waals surface area contributed by atoms with E-state index >= 15 is 0 Å². The van der Waals surface area contributed by atoms with Gasteiger partial charge < -0.3 is 19.5 Å². The van der Waals surface area contributed by atoms with Crippen LogP contribution in [0, 0.1) is 0 Å². The predicted molar refractivity (Wildman–Crippen MR) is 173 cm³/mol. The van der Waals surface area contributed by atoms with E-state index in [0.717, 1.165) is 16.8 Å². The third-order valence-corrected chi connectivity index (χ3v) is 8.32. The molecule has 2 unspecified atom stereocenters. The van der Waals surface area contributed by atoms with E-state index in [4.69, 9.17) is 14.2 Å². The third kappa shape index (κ3) is 8.52. The van der Waals surface area contributed by atoms with Crippen LogP contribution in [-0.4, -0.2) is 11.7 Å². The van der Waals surface area contributed by atoms with E-state index in [0.29, 0.717) is 30.0 Å².